The summed E-state index contributed by atoms with van der Waals surface area (Å²) < 4.78 is 1.51. The number of fused-ring (bicyclic) bond motifs is 1. The molecular formula is C17H12ClN3OS. The van der Waals surface area contributed by atoms with Crippen LogP contribution in [0.2, 0.25) is 5.02 Å². The van der Waals surface area contributed by atoms with Gasteiger partial charge in [0.1, 0.15) is 0 Å². The van der Waals surface area contributed by atoms with Gasteiger partial charge in [0.25, 0.3) is 5.56 Å². The van der Waals surface area contributed by atoms with Crippen molar-refractivity contribution < 1.29 is 0 Å². The predicted octanol–water partition coefficient (Wildman–Crippen LogP) is 4.04. The lowest BCUT2D eigenvalue weighted by Gasteiger charge is -2.14. The van der Waals surface area contributed by atoms with Gasteiger partial charge in [0.2, 0.25) is 0 Å². The molecule has 0 aliphatic carbocycles. The summed E-state index contributed by atoms with van der Waals surface area (Å²) in [7, 11) is 0. The van der Waals surface area contributed by atoms with E-state index in [4.69, 9.17) is 16.9 Å². The Hall–Kier alpha value is -2.29. The van der Waals surface area contributed by atoms with E-state index in [1.165, 1.54) is 16.3 Å². The first-order chi connectivity index (χ1) is 11.1. The zero-order chi connectivity index (χ0) is 16.4. The first-order valence-corrected chi connectivity index (χ1v) is 8.20. The topological polar surface area (TPSA) is 58.7 Å². The highest BCUT2D eigenvalue weighted by Crippen LogP contribution is 2.25. The third-order valence-corrected chi connectivity index (χ3v) is 4.45. The second kappa shape index (κ2) is 6.45. The van der Waals surface area contributed by atoms with Crippen molar-refractivity contribution in [3.05, 3.63) is 63.9 Å². The van der Waals surface area contributed by atoms with Crippen molar-refractivity contribution in [1.82, 2.24) is 9.55 Å². The first-order valence-electron chi connectivity index (χ1n) is 6.94. The molecule has 0 fully saturated rings. The van der Waals surface area contributed by atoms with Crippen LogP contribution in [-0.4, -0.2) is 14.8 Å². The Bertz CT molecular complexity index is 977. The van der Waals surface area contributed by atoms with Crippen molar-refractivity contribution in [2.45, 2.75) is 17.3 Å². The summed E-state index contributed by atoms with van der Waals surface area (Å²) in [4.78, 5) is 17.5. The zero-order valence-corrected chi connectivity index (χ0v) is 13.8. The number of para-hydroxylation sites is 1. The van der Waals surface area contributed by atoms with Crippen LogP contribution in [-0.2, 0) is 0 Å². The van der Waals surface area contributed by atoms with Crippen LogP contribution in [0.4, 0.5) is 0 Å². The molecule has 0 radical (unpaired) electrons. The molecule has 0 N–H and O–H groups in total. The summed E-state index contributed by atoms with van der Waals surface area (Å²) in [6.07, 6.45) is 0. The number of hydrogen-bond acceptors (Lipinski definition) is 4. The van der Waals surface area contributed by atoms with Crippen LogP contribution >= 0.6 is 23.4 Å². The van der Waals surface area contributed by atoms with E-state index in [0.29, 0.717) is 26.8 Å². The molecule has 114 valence electrons. The minimum atomic E-state index is -0.325. The number of nitrogens with zero attached hydrogens (tertiary/aromatic N) is 3. The lowest BCUT2D eigenvalue weighted by Crippen LogP contribution is -2.22. The second-order valence-electron chi connectivity index (χ2n) is 4.92. The number of halogens is 1. The standard InChI is InChI=1S/C17H12ClN3OS/c1-11(10-19)23-17-20-15-8-3-2-7-14(15)16(22)21(17)13-6-4-5-12(18)9-13/h2-9,11H,1H3. The Morgan fingerprint density at radius 1 is 1.26 bits per heavy atom. The van der Waals surface area contributed by atoms with E-state index in [1.54, 1.807) is 49.4 Å². The van der Waals surface area contributed by atoms with E-state index in [0.717, 1.165) is 0 Å². The zero-order valence-electron chi connectivity index (χ0n) is 12.2. The molecule has 1 atom stereocenters. The molecule has 0 amide bonds. The molecule has 0 saturated carbocycles. The summed E-state index contributed by atoms with van der Waals surface area (Å²) in [5.74, 6) is 0. The van der Waals surface area contributed by atoms with Gasteiger partial charge in [-0.15, -0.1) is 0 Å². The molecule has 0 bridgehead atoms. The lowest BCUT2D eigenvalue weighted by molar-refractivity contribution is 0.818. The molecule has 0 saturated heterocycles. The van der Waals surface area contributed by atoms with Gasteiger partial charge in [0.15, 0.2) is 5.16 Å². The first kappa shape index (κ1) is 15.6. The van der Waals surface area contributed by atoms with Gasteiger partial charge in [-0.3, -0.25) is 9.36 Å². The molecule has 0 aliphatic rings. The van der Waals surface area contributed by atoms with Crippen LogP contribution in [0.3, 0.4) is 0 Å². The van der Waals surface area contributed by atoms with Gasteiger partial charge in [0, 0.05) is 5.02 Å². The Kier molecular flexibility index (Phi) is 4.37. The fourth-order valence-electron chi connectivity index (χ4n) is 2.22. The molecule has 0 spiro atoms. The second-order valence-corrected chi connectivity index (χ2v) is 6.67. The minimum absolute atomic E-state index is 0.175. The van der Waals surface area contributed by atoms with Crippen molar-refractivity contribution >= 4 is 34.3 Å². The van der Waals surface area contributed by atoms with E-state index in [1.807, 2.05) is 6.07 Å². The third-order valence-electron chi connectivity index (χ3n) is 3.28. The predicted molar refractivity (Wildman–Crippen MR) is 93.3 cm³/mol. The van der Waals surface area contributed by atoms with Crippen LogP contribution in [0.15, 0.2) is 58.5 Å². The summed E-state index contributed by atoms with van der Waals surface area (Å²) in [5.41, 5.74) is 1.07. The van der Waals surface area contributed by atoms with Gasteiger partial charge < -0.3 is 0 Å². The van der Waals surface area contributed by atoms with Gasteiger partial charge in [-0.05, 0) is 37.3 Å². The van der Waals surface area contributed by atoms with Crippen LogP contribution < -0.4 is 5.56 Å². The summed E-state index contributed by atoms with van der Waals surface area (Å²) in [5, 5.41) is 10.3. The number of benzene rings is 2. The lowest BCUT2D eigenvalue weighted by atomic mass is 10.2. The molecule has 3 aromatic rings. The van der Waals surface area contributed by atoms with E-state index in [9.17, 15) is 4.79 Å². The molecule has 0 aliphatic heterocycles. The Balaban J connectivity index is 2.33. The molecule has 2 aromatic carbocycles. The average Bonchev–Trinajstić information content (AvgIpc) is 2.55. The normalized spacial score (nSPS) is 12.0. The number of rotatable bonds is 3. The van der Waals surface area contributed by atoms with Crippen molar-refractivity contribution in [1.29, 1.82) is 5.26 Å². The summed E-state index contributed by atoms with van der Waals surface area (Å²) in [6.45, 7) is 1.77. The highest BCUT2D eigenvalue weighted by Gasteiger charge is 2.15. The summed E-state index contributed by atoms with van der Waals surface area (Å²) >= 11 is 7.30. The number of thioether (sulfide) groups is 1. The quantitative estimate of drug-likeness (QED) is 0.533. The maximum Gasteiger partial charge on any atom is 0.266 e. The maximum absolute atomic E-state index is 12.9. The molecule has 1 aromatic heterocycles. The van der Waals surface area contributed by atoms with Gasteiger partial charge >= 0.3 is 0 Å². The third kappa shape index (κ3) is 3.09. The monoisotopic (exact) mass is 341 g/mol. The summed E-state index contributed by atoms with van der Waals surface area (Å²) in [6, 6.07) is 16.4. The highest BCUT2D eigenvalue weighted by molar-refractivity contribution is 8.00. The molecule has 1 heterocycles. The van der Waals surface area contributed by atoms with Gasteiger partial charge in [-0.2, -0.15) is 5.26 Å². The molecule has 3 rings (SSSR count). The number of aromatic nitrogens is 2. The largest absolute Gasteiger partial charge is 0.268 e. The average molecular weight is 342 g/mol. The minimum Gasteiger partial charge on any atom is -0.268 e. The van der Waals surface area contributed by atoms with E-state index < -0.39 is 0 Å². The smallest absolute Gasteiger partial charge is 0.266 e. The van der Waals surface area contributed by atoms with Crippen LogP contribution in [0, 0.1) is 11.3 Å². The van der Waals surface area contributed by atoms with Gasteiger partial charge in [0.05, 0.1) is 27.9 Å². The SMILES string of the molecule is CC(C#N)Sc1nc2ccccc2c(=O)n1-c1cccc(Cl)c1. The molecule has 4 nitrogen and oxygen atoms in total. The highest BCUT2D eigenvalue weighted by atomic mass is 35.5. The maximum atomic E-state index is 12.9. The van der Waals surface area contributed by atoms with Crippen LogP contribution in [0.5, 0.6) is 0 Å². The van der Waals surface area contributed by atoms with Crippen molar-refractivity contribution in [3.63, 3.8) is 0 Å². The number of nitriles is 1. The van der Waals surface area contributed by atoms with Crippen molar-refractivity contribution in [2.75, 3.05) is 0 Å². The van der Waals surface area contributed by atoms with Crippen molar-refractivity contribution in [2.24, 2.45) is 0 Å². The van der Waals surface area contributed by atoms with Crippen molar-refractivity contribution in [3.8, 4) is 11.8 Å². The fraction of sp³-hybridized carbons (Fsp3) is 0.118. The van der Waals surface area contributed by atoms with Crippen LogP contribution in [0.25, 0.3) is 16.6 Å². The molecular weight excluding hydrogens is 330 g/mol. The Labute approximate surface area is 142 Å². The van der Waals surface area contributed by atoms with Gasteiger partial charge in [-0.1, -0.05) is 41.6 Å². The van der Waals surface area contributed by atoms with Gasteiger partial charge in [-0.25, -0.2) is 4.98 Å². The number of hydrogen-bond donors (Lipinski definition) is 0. The Morgan fingerprint density at radius 3 is 2.78 bits per heavy atom. The Morgan fingerprint density at radius 2 is 2.04 bits per heavy atom. The molecule has 23 heavy (non-hydrogen) atoms. The van der Waals surface area contributed by atoms with E-state index in [2.05, 4.69) is 11.1 Å². The van der Waals surface area contributed by atoms with E-state index >= 15 is 0 Å². The van der Waals surface area contributed by atoms with E-state index in [-0.39, 0.29) is 10.8 Å². The molecule has 1 unspecified atom stereocenters. The molecule has 6 heteroatoms. The fourth-order valence-corrected chi connectivity index (χ4v) is 3.22. The van der Waals surface area contributed by atoms with Crippen LogP contribution in [0.1, 0.15) is 6.92 Å².